The molecule has 4 heteroatoms. The van der Waals surface area contributed by atoms with Gasteiger partial charge in [-0.3, -0.25) is 4.68 Å². The van der Waals surface area contributed by atoms with Gasteiger partial charge in [-0.2, -0.15) is 5.10 Å². The van der Waals surface area contributed by atoms with Crippen molar-refractivity contribution < 1.29 is 4.74 Å². The average Bonchev–Trinajstić information content (AvgIpc) is 2.70. The lowest BCUT2D eigenvalue weighted by Crippen LogP contribution is -2.12. The second-order valence-corrected chi connectivity index (χ2v) is 3.64. The minimum atomic E-state index is 0.678. The van der Waals surface area contributed by atoms with Crippen LogP contribution < -0.4 is 10.1 Å². The first kappa shape index (κ1) is 10.7. The molecule has 0 saturated carbocycles. The van der Waals surface area contributed by atoms with Gasteiger partial charge in [-0.25, -0.2) is 0 Å². The fourth-order valence-corrected chi connectivity index (χ4v) is 1.39. The van der Waals surface area contributed by atoms with Crippen LogP contribution in [-0.2, 0) is 6.67 Å². The minimum absolute atomic E-state index is 0.678. The number of nitrogens with one attached hydrogen (secondary N) is 1. The van der Waals surface area contributed by atoms with Gasteiger partial charge in [0.05, 0.1) is 19.1 Å². The van der Waals surface area contributed by atoms with Gasteiger partial charge >= 0.3 is 0 Å². The summed E-state index contributed by atoms with van der Waals surface area (Å²) in [5.74, 6) is 1.58. The largest absolute Gasteiger partial charge is 0.454 e. The molecule has 0 amide bonds. The Morgan fingerprint density at radius 3 is 2.69 bits per heavy atom. The van der Waals surface area contributed by atoms with E-state index in [1.54, 1.807) is 10.9 Å². The number of rotatable bonds is 4. The van der Waals surface area contributed by atoms with E-state index in [-0.39, 0.29) is 0 Å². The molecule has 2 aromatic rings. The maximum Gasteiger partial charge on any atom is 0.165 e. The highest BCUT2D eigenvalue weighted by Crippen LogP contribution is 2.20. The van der Waals surface area contributed by atoms with Crippen molar-refractivity contribution in [3.8, 4) is 11.5 Å². The summed E-state index contributed by atoms with van der Waals surface area (Å²) in [7, 11) is 1.88. The Bertz CT molecular complexity index is 448. The molecule has 0 saturated heterocycles. The van der Waals surface area contributed by atoms with Crippen LogP contribution in [0.3, 0.4) is 0 Å². The summed E-state index contributed by atoms with van der Waals surface area (Å²) in [6.07, 6.45) is 3.56. The summed E-state index contributed by atoms with van der Waals surface area (Å²) in [6, 6.07) is 7.94. The molecule has 1 aromatic heterocycles. The molecule has 1 heterocycles. The first-order valence-electron chi connectivity index (χ1n) is 5.19. The van der Waals surface area contributed by atoms with Crippen LogP contribution in [-0.4, -0.2) is 16.8 Å². The quantitative estimate of drug-likeness (QED) is 0.853. The van der Waals surface area contributed by atoms with Crippen molar-refractivity contribution in [3.05, 3.63) is 42.2 Å². The lowest BCUT2D eigenvalue weighted by Gasteiger charge is -2.02. The van der Waals surface area contributed by atoms with E-state index in [1.807, 2.05) is 37.5 Å². The van der Waals surface area contributed by atoms with E-state index in [0.717, 1.165) is 11.5 Å². The van der Waals surface area contributed by atoms with Crippen LogP contribution in [0.25, 0.3) is 0 Å². The van der Waals surface area contributed by atoms with Crippen LogP contribution in [0, 0.1) is 6.92 Å². The zero-order chi connectivity index (χ0) is 11.4. The molecule has 4 nitrogen and oxygen atoms in total. The molecule has 84 valence electrons. The Morgan fingerprint density at radius 2 is 2.00 bits per heavy atom. The third-order valence-electron chi connectivity index (χ3n) is 2.19. The van der Waals surface area contributed by atoms with Crippen molar-refractivity contribution in [2.45, 2.75) is 13.6 Å². The predicted octanol–water partition coefficient (Wildman–Crippen LogP) is 2.16. The summed E-state index contributed by atoms with van der Waals surface area (Å²) >= 11 is 0. The van der Waals surface area contributed by atoms with E-state index in [1.165, 1.54) is 5.56 Å². The van der Waals surface area contributed by atoms with Crippen molar-refractivity contribution in [3.63, 3.8) is 0 Å². The molecule has 0 radical (unpaired) electrons. The van der Waals surface area contributed by atoms with Crippen molar-refractivity contribution in [2.24, 2.45) is 0 Å². The van der Waals surface area contributed by atoms with Gasteiger partial charge in [-0.05, 0) is 26.1 Å². The molecule has 0 spiro atoms. The van der Waals surface area contributed by atoms with Crippen LogP contribution in [0.15, 0.2) is 36.7 Å². The summed E-state index contributed by atoms with van der Waals surface area (Å²) in [6.45, 7) is 2.73. The van der Waals surface area contributed by atoms with Crippen molar-refractivity contribution in [2.75, 3.05) is 7.05 Å². The Labute approximate surface area is 94.9 Å². The molecular formula is C12H15N3O. The van der Waals surface area contributed by atoms with E-state index in [0.29, 0.717) is 6.67 Å². The summed E-state index contributed by atoms with van der Waals surface area (Å²) in [5, 5.41) is 7.16. The van der Waals surface area contributed by atoms with Gasteiger partial charge in [-0.15, -0.1) is 0 Å². The van der Waals surface area contributed by atoms with Gasteiger partial charge in [0, 0.05) is 0 Å². The predicted molar refractivity (Wildman–Crippen MR) is 62.5 cm³/mol. The van der Waals surface area contributed by atoms with Crippen LogP contribution in [0.2, 0.25) is 0 Å². The maximum absolute atomic E-state index is 5.65. The highest BCUT2D eigenvalue weighted by atomic mass is 16.5. The van der Waals surface area contributed by atoms with Crippen molar-refractivity contribution in [1.29, 1.82) is 0 Å². The Kier molecular flexibility index (Phi) is 3.22. The summed E-state index contributed by atoms with van der Waals surface area (Å²) in [5.41, 5.74) is 1.22. The normalized spacial score (nSPS) is 10.4. The van der Waals surface area contributed by atoms with E-state index >= 15 is 0 Å². The molecular weight excluding hydrogens is 202 g/mol. The first-order chi connectivity index (χ1) is 7.78. The fraction of sp³-hybridized carbons (Fsp3) is 0.250. The number of aryl methyl sites for hydroxylation is 1. The van der Waals surface area contributed by atoms with Gasteiger partial charge in [0.15, 0.2) is 5.75 Å². The Morgan fingerprint density at radius 1 is 1.25 bits per heavy atom. The van der Waals surface area contributed by atoms with Crippen LogP contribution >= 0.6 is 0 Å². The number of hydrogen-bond acceptors (Lipinski definition) is 3. The van der Waals surface area contributed by atoms with Gasteiger partial charge in [0.2, 0.25) is 0 Å². The van der Waals surface area contributed by atoms with Crippen LogP contribution in [0.1, 0.15) is 5.56 Å². The minimum Gasteiger partial charge on any atom is -0.454 e. The third kappa shape index (κ3) is 2.61. The smallest absolute Gasteiger partial charge is 0.165 e. The van der Waals surface area contributed by atoms with Crippen LogP contribution in [0.4, 0.5) is 0 Å². The number of hydrogen-bond donors (Lipinski definition) is 1. The SMILES string of the molecule is CNCn1cc(Oc2ccc(C)cc2)cn1. The summed E-state index contributed by atoms with van der Waals surface area (Å²) < 4.78 is 7.43. The molecule has 16 heavy (non-hydrogen) atoms. The molecule has 0 aliphatic heterocycles. The van der Waals surface area contributed by atoms with E-state index in [4.69, 9.17) is 4.74 Å². The molecule has 1 aromatic carbocycles. The van der Waals surface area contributed by atoms with E-state index < -0.39 is 0 Å². The second-order valence-electron chi connectivity index (χ2n) is 3.64. The average molecular weight is 217 g/mol. The molecule has 0 unspecified atom stereocenters. The zero-order valence-electron chi connectivity index (χ0n) is 9.47. The second kappa shape index (κ2) is 4.81. The highest BCUT2D eigenvalue weighted by Gasteiger charge is 2.00. The molecule has 0 atom stereocenters. The number of ether oxygens (including phenoxy) is 1. The first-order valence-corrected chi connectivity index (χ1v) is 5.19. The van der Waals surface area contributed by atoms with E-state index in [2.05, 4.69) is 17.3 Å². The van der Waals surface area contributed by atoms with Gasteiger partial charge < -0.3 is 10.1 Å². The number of benzene rings is 1. The summed E-state index contributed by atoms with van der Waals surface area (Å²) in [4.78, 5) is 0. The molecule has 0 aliphatic rings. The van der Waals surface area contributed by atoms with Crippen molar-refractivity contribution >= 4 is 0 Å². The monoisotopic (exact) mass is 217 g/mol. The van der Waals surface area contributed by atoms with Crippen molar-refractivity contribution in [1.82, 2.24) is 15.1 Å². The standard InChI is InChI=1S/C12H15N3O/c1-10-3-5-11(6-4-10)16-12-7-14-15(8-12)9-13-2/h3-8,13H,9H2,1-2H3. The fourth-order valence-electron chi connectivity index (χ4n) is 1.39. The molecule has 0 bridgehead atoms. The van der Waals surface area contributed by atoms with Gasteiger partial charge in [0.25, 0.3) is 0 Å². The maximum atomic E-state index is 5.65. The van der Waals surface area contributed by atoms with E-state index in [9.17, 15) is 0 Å². The molecule has 1 N–H and O–H groups in total. The molecule has 2 rings (SSSR count). The van der Waals surface area contributed by atoms with Gasteiger partial charge in [0.1, 0.15) is 5.75 Å². The lowest BCUT2D eigenvalue weighted by molar-refractivity contribution is 0.479. The highest BCUT2D eigenvalue weighted by molar-refractivity contribution is 5.30. The Balaban J connectivity index is 2.05. The number of aromatic nitrogens is 2. The molecule has 0 aliphatic carbocycles. The lowest BCUT2D eigenvalue weighted by atomic mass is 10.2. The third-order valence-corrected chi connectivity index (χ3v) is 2.19. The van der Waals surface area contributed by atoms with Crippen LogP contribution in [0.5, 0.6) is 11.5 Å². The zero-order valence-corrected chi connectivity index (χ0v) is 9.47. The molecule has 0 fully saturated rings. The topological polar surface area (TPSA) is 39.1 Å². The number of nitrogens with zero attached hydrogens (tertiary/aromatic N) is 2. The Hall–Kier alpha value is -1.81. The van der Waals surface area contributed by atoms with Gasteiger partial charge in [-0.1, -0.05) is 17.7 Å².